The van der Waals surface area contributed by atoms with Crippen LogP contribution in [0, 0.1) is 5.41 Å². The van der Waals surface area contributed by atoms with Gasteiger partial charge in [0.1, 0.15) is 5.84 Å². The summed E-state index contributed by atoms with van der Waals surface area (Å²) in [6.07, 6.45) is 0.233. The van der Waals surface area contributed by atoms with Crippen LogP contribution < -0.4 is 4.90 Å². The molecule has 0 spiro atoms. The molecule has 2 rings (SSSR count). The van der Waals surface area contributed by atoms with E-state index in [1.807, 2.05) is 36.2 Å². The number of nitrogens with zero attached hydrogens (tertiary/aromatic N) is 1. The number of rotatable bonds is 2. The number of ether oxygens (including phenoxy) is 1. The van der Waals surface area contributed by atoms with Gasteiger partial charge in [-0.1, -0.05) is 18.2 Å². The molecule has 0 saturated carbocycles. The van der Waals surface area contributed by atoms with E-state index >= 15 is 0 Å². The van der Waals surface area contributed by atoms with Crippen molar-refractivity contribution in [2.45, 2.75) is 12.3 Å². The molecule has 4 heteroatoms. The lowest BCUT2D eigenvalue weighted by Crippen LogP contribution is -2.24. The zero-order valence-electron chi connectivity index (χ0n) is 9.36. The molecule has 1 aromatic carbocycles. The normalized spacial score (nSPS) is 18.5. The Kier molecular flexibility index (Phi) is 2.64. The highest BCUT2D eigenvalue weighted by molar-refractivity contribution is 6.07. The Bertz CT molecular complexity index is 442. The minimum absolute atomic E-state index is 0.173. The van der Waals surface area contributed by atoms with Gasteiger partial charge in [0.25, 0.3) is 0 Å². The van der Waals surface area contributed by atoms with Crippen LogP contribution in [0.1, 0.15) is 17.9 Å². The summed E-state index contributed by atoms with van der Waals surface area (Å²) in [6.45, 7) is 0. The maximum absolute atomic E-state index is 11.3. The molecule has 0 saturated heterocycles. The number of nitrogens with one attached hydrogen (secondary N) is 1. The summed E-state index contributed by atoms with van der Waals surface area (Å²) in [5.41, 5.74) is 2.03. The van der Waals surface area contributed by atoms with Gasteiger partial charge in [-0.2, -0.15) is 0 Å². The summed E-state index contributed by atoms with van der Waals surface area (Å²) in [5.74, 6) is 0.0000954. The predicted molar refractivity (Wildman–Crippen MR) is 61.9 cm³/mol. The topological polar surface area (TPSA) is 53.4 Å². The first-order chi connectivity index (χ1) is 7.65. The fourth-order valence-corrected chi connectivity index (χ4v) is 2.06. The maximum atomic E-state index is 11.3. The lowest BCUT2D eigenvalue weighted by atomic mass is 9.97. The summed E-state index contributed by atoms with van der Waals surface area (Å²) < 4.78 is 4.66. The molecule has 16 heavy (non-hydrogen) atoms. The van der Waals surface area contributed by atoms with Crippen LogP contribution in [0.3, 0.4) is 0 Å². The van der Waals surface area contributed by atoms with Gasteiger partial charge < -0.3 is 9.64 Å². The molecule has 0 aromatic heterocycles. The van der Waals surface area contributed by atoms with Crippen molar-refractivity contribution in [3.63, 3.8) is 0 Å². The number of carbonyl (C=O) groups is 1. The summed E-state index contributed by atoms with van der Waals surface area (Å²) in [7, 11) is 3.22. The van der Waals surface area contributed by atoms with Crippen molar-refractivity contribution in [3.8, 4) is 0 Å². The second-order valence-corrected chi connectivity index (χ2v) is 3.84. The second kappa shape index (κ2) is 3.96. The molecule has 1 atom stereocenters. The molecular formula is C12H14N2O2. The zero-order valence-corrected chi connectivity index (χ0v) is 9.36. The standard InChI is InChI=1S/C12H14N2O2/c1-14-10-6-4-3-5-8(10)9(12(14)13)7-11(15)16-2/h3-6,9,13H,7H2,1-2H3. The molecule has 1 N–H and O–H groups in total. The fraction of sp³-hybridized carbons (Fsp3) is 0.333. The van der Waals surface area contributed by atoms with E-state index in [0.717, 1.165) is 11.3 Å². The number of carbonyl (C=O) groups excluding carboxylic acids is 1. The van der Waals surface area contributed by atoms with Crippen molar-refractivity contribution in [2.24, 2.45) is 0 Å². The van der Waals surface area contributed by atoms with Gasteiger partial charge in [-0.3, -0.25) is 10.2 Å². The Morgan fingerprint density at radius 1 is 1.50 bits per heavy atom. The van der Waals surface area contributed by atoms with Gasteiger partial charge in [0.05, 0.1) is 19.4 Å². The van der Waals surface area contributed by atoms with Crippen LogP contribution in [0.5, 0.6) is 0 Å². The lowest BCUT2D eigenvalue weighted by molar-refractivity contribution is -0.140. The molecule has 1 heterocycles. The van der Waals surface area contributed by atoms with Gasteiger partial charge in [-0.15, -0.1) is 0 Å². The first-order valence-corrected chi connectivity index (χ1v) is 5.13. The number of benzene rings is 1. The van der Waals surface area contributed by atoms with Crippen LogP contribution in [0.25, 0.3) is 0 Å². The number of para-hydroxylation sites is 1. The van der Waals surface area contributed by atoms with Crippen molar-refractivity contribution in [1.29, 1.82) is 5.41 Å². The van der Waals surface area contributed by atoms with E-state index in [-0.39, 0.29) is 18.3 Å². The fourth-order valence-electron chi connectivity index (χ4n) is 2.06. The minimum atomic E-state index is -0.278. The number of anilines is 1. The number of likely N-dealkylation sites (N-methyl/N-ethyl adjacent to an activating group) is 1. The predicted octanol–water partition coefficient (Wildman–Crippen LogP) is 1.76. The number of fused-ring (bicyclic) bond motifs is 1. The van der Waals surface area contributed by atoms with Gasteiger partial charge in [-0.05, 0) is 11.6 Å². The molecule has 0 radical (unpaired) electrons. The molecular weight excluding hydrogens is 204 g/mol. The Labute approximate surface area is 94.3 Å². The van der Waals surface area contributed by atoms with Gasteiger partial charge in [0.2, 0.25) is 0 Å². The molecule has 0 fully saturated rings. The average Bonchev–Trinajstić information content (AvgIpc) is 2.55. The van der Waals surface area contributed by atoms with Crippen LogP contribution >= 0.6 is 0 Å². The lowest BCUT2D eigenvalue weighted by Gasteiger charge is -2.13. The smallest absolute Gasteiger partial charge is 0.306 e. The van der Waals surface area contributed by atoms with Crippen LogP contribution in [0.4, 0.5) is 5.69 Å². The van der Waals surface area contributed by atoms with E-state index in [1.165, 1.54) is 7.11 Å². The Hall–Kier alpha value is -1.84. The molecule has 84 valence electrons. The van der Waals surface area contributed by atoms with E-state index < -0.39 is 0 Å². The van der Waals surface area contributed by atoms with Gasteiger partial charge in [0.15, 0.2) is 0 Å². The van der Waals surface area contributed by atoms with Gasteiger partial charge >= 0.3 is 5.97 Å². The highest BCUT2D eigenvalue weighted by atomic mass is 16.5. The first-order valence-electron chi connectivity index (χ1n) is 5.13. The van der Waals surface area contributed by atoms with E-state index in [2.05, 4.69) is 4.74 Å². The van der Waals surface area contributed by atoms with Crippen LogP contribution in [0.15, 0.2) is 24.3 Å². The first kappa shape index (κ1) is 10.7. The molecule has 1 aromatic rings. The third-order valence-electron chi connectivity index (χ3n) is 2.96. The van der Waals surface area contributed by atoms with Gasteiger partial charge in [0, 0.05) is 12.7 Å². The van der Waals surface area contributed by atoms with Crippen molar-refractivity contribution < 1.29 is 9.53 Å². The van der Waals surface area contributed by atoms with Crippen molar-refractivity contribution in [3.05, 3.63) is 29.8 Å². The monoisotopic (exact) mass is 218 g/mol. The highest BCUT2D eigenvalue weighted by Crippen LogP contribution is 2.38. The number of esters is 1. The average molecular weight is 218 g/mol. The summed E-state index contributed by atoms with van der Waals surface area (Å²) >= 11 is 0. The Balaban J connectivity index is 2.34. The largest absolute Gasteiger partial charge is 0.469 e. The summed E-state index contributed by atoms with van der Waals surface area (Å²) in [6, 6.07) is 7.78. The van der Waals surface area contributed by atoms with Crippen LogP contribution in [-0.2, 0) is 9.53 Å². The van der Waals surface area contributed by atoms with Crippen molar-refractivity contribution in [1.82, 2.24) is 0 Å². The molecule has 1 aliphatic rings. The third kappa shape index (κ3) is 1.56. The SMILES string of the molecule is COC(=O)CC1C(=N)N(C)c2ccccc21. The second-order valence-electron chi connectivity index (χ2n) is 3.84. The number of hydrogen-bond donors (Lipinski definition) is 1. The Morgan fingerprint density at radius 3 is 2.88 bits per heavy atom. The van der Waals surface area contributed by atoms with E-state index in [9.17, 15) is 4.79 Å². The third-order valence-corrected chi connectivity index (χ3v) is 2.96. The van der Waals surface area contributed by atoms with Gasteiger partial charge in [-0.25, -0.2) is 0 Å². The molecule has 4 nitrogen and oxygen atoms in total. The maximum Gasteiger partial charge on any atom is 0.306 e. The summed E-state index contributed by atoms with van der Waals surface area (Å²) in [5, 5.41) is 7.98. The number of amidine groups is 1. The number of methoxy groups -OCH3 is 1. The summed E-state index contributed by atoms with van der Waals surface area (Å²) in [4.78, 5) is 13.1. The molecule has 0 aliphatic carbocycles. The molecule has 0 amide bonds. The molecule has 1 aliphatic heterocycles. The number of hydrogen-bond acceptors (Lipinski definition) is 3. The molecule has 0 bridgehead atoms. The van der Waals surface area contributed by atoms with Crippen molar-refractivity contribution >= 4 is 17.5 Å². The van der Waals surface area contributed by atoms with Crippen molar-refractivity contribution in [2.75, 3.05) is 19.1 Å². The Morgan fingerprint density at radius 2 is 2.19 bits per heavy atom. The van der Waals surface area contributed by atoms with Crippen LogP contribution in [-0.4, -0.2) is 26.0 Å². The van der Waals surface area contributed by atoms with E-state index in [1.54, 1.807) is 0 Å². The quantitative estimate of drug-likeness (QED) is 0.769. The van der Waals surface area contributed by atoms with E-state index in [0.29, 0.717) is 5.84 Å². The molecule has 1 unspecified atom stereocenters. The van der Waals surface area contributed by atoms with Crippen LogP contribution in [0.2, 0.25) is 0 Å². The van der Waals surface area contributed by atoms with E-state index in [4.69, 9.17) is 5.41 Å². The minimum Gasteiger partial charge on any atom is -0.469 e. The highest BCUT2D eigenvalue weighted by Gasteiger charge is 2.33. The zero-order chi connectivity index (χ0) is 11.7.